The van der Waals surface area contributed by atoms with Crippen molar-refractivity contribution in [1.82, 2.24) is 20.1 Å². The number of hydrogen-bond donors (Lipinski definition) is 1. The van der Waals surface area contributed by atoms with Gasteiger partial charge in [-0.2, -0.15) is 0 Å². The molecule has 1 aliphatic rings. The summed E-state index contributed by atoms with van der Waals surface area (Å²) in [5.41, 5.74) is 2.84. The highest BCUT2D eigenvalue weighted by Gasteiger charge is 2.24. The van der Waals surface area contributed by atoms with Gasteiger partial charge in [0, 0.05) is 44.2 Å². The van der Waals surface area contributed by atoms with Gasteiger partial charge in [-0.3, -0.25) is 14.5 Å². The summed E-state index contributed by atoms with van der Waals surface area (Å²) in [6.07, 6.45) is 0. The number of amides is 2. The van der Waals surface area contributed by atoms with Gasteiger partial charge in [0.05, 0.1) is 6.54 Å². The molecule has 0 aliphatic carbocycles. The van der Waals surface area contributed by atoms with Gasteiger partial charge < -0.3 is 10.2 Å². The molecule has 1 saturated heterocycles. The van der Waals surface area contributed by atoms with Crippen molar-refractivity contribution < 1.29 is 9.59 Å². The molecule has 144 valence electrons. The molecule has 1 fully saturated rings. The first-order valence-electron chi connectivity index (χ1n) is 9.26. The van der Waals surface area contributed by atoms with Gasteiger partial charge in [-0.05, 0) is 11.5 Å². The fourth-order valence-corrected chi connectivity index (χ4v) is 3.87. The lowest BCUT2D eigenvalue weighted by Gasteiger charge is -2.33. The first-order valence-corrected chi connectivity index (χ1v) is 10.1. The van der Waals surface area contributed by atoms with Crippen molar-refractivity contribution in [3.63, 3.8) is 0 Å². The zero-order valence-corrected chi connectivity index (χ0v) is 16.9. The van der Waals surface area contributed by atoms with Gasteiger partial charge in [-0.1, -0.05) is 38.1 Å². The predicted octanol–water partition coefficient (Wildman–Crippen LogP) is 2.44. The highest BCUT2D eigenvalue weighted by molar-refractivity contribution is 7.13. The number of rotatable bonds is 5. The van der Waals surface area contributed by atoms with E-state index < -0.39 is 0 Å². The van der Waals surface area contributed by atoms with E-state index in [2.05, 4.69) is 53.3 Å². The fraction of sp³-hybridized carbons (Fsp3) is 0.450. The maximum absolute atomic E-state index is 12.7. The molecule has 1 aliphatic heterocycles. The molecule has 1 aromatic heterocycles. The van der Waals surface area contributed by atoms with E-state index in [0.29, 0.717) is 44.3 Å². The highest BCUT2D eigenvalue weighted by atomic mass is 32.1. The van der Waals surface area contributed by atoms with E-state index in [0.717, 1.165) is 10.6 Å². The molecule has 0 atom stereocenters. The Balaban J connectivity index is 1.61. The second-order valence-corrected chi connectivity index (χ2v) is 7.91. The maximum Gasteiger partial charge on any atom is 0.273 e. The summed E-state index contributed by atoms with van der Waals surface area (Å²) < 4.78 is 0. The lowest BCUT2D eigenvalue weighted by atomic mass is 10.0. The van der Waals surface area contributed by atoms with Crippen LogP contribution in [0.4, 0.5) is 0 Å². The number of nitrogens with zero attached hydrogens (tertiary/aromatic N) is 3. The molecule has 1 N–H and O–H groups in total. The minimum Gasteiger partial charge on any atom is -0.358 e. The Kier molecular flexibility index (Phi) is 6.23. The van der Waals surface area contributed by atoms with Crippen molar-refractivity contribution in [1.29, 1.82) is 0 Å². The average molecular weight is 387 g/mol. The van der Waals surface area contributed by atoms with Gasteiger partial charge in [0.25, 0.3) is 5.91 Å². The molecule has 0 radical (unpaired) electrons. The molecular formula is C20H26N4O2S. The van der Waals surface area contributed by atoms with Crippen molar-refractivity contribution in [2.75, 3.05) is 39.8 Å². The lowest BCUT2D eigenvalue weighted by molar-refractivity contribution is -0.122. The van der Waals surface area contributed by atoms with Gasteiger partial charge in [0.1, 0.15) is 10.7 Å². The third-order valence-corrected chi connectivity index (χ3v) is 5.74. The quantitative estimate of drug-likeness (QED) is 0.857. The summed E-state index contributed by atoms with van der Waals surface area (Å²) in [4.78, 5) is 32.7. The molecule has 0 unspecified atom stereocenters. The summed E-state index contributed by atoms with van der Waals surface area (Å²) in [5, 5.41) is 5.34. The number of thiazole rings is 1. The Morgan fingerprint density at radius 1 is 1.15 bits per heavy atom. The molecule has 1 aromatic carbocycles. The summed E-state index contributed by atoms with van der Waals surface area (Å²) >= 11 is 1.50. The Morgan fingerprint density at radius 3 is 2.41 bits per heavy atom. The van der Waals surface area contributed by atoms with E-state index in [4.69, 9.17) is 0 Å². The number of hydrogen-bond acceptors (Lipinski definition) is 5. The van der Waals surface area contributed by atoms with E-state index in [1.54, 1.807) is 7.05 Å². The van der Waals surface area contributed by atoms with Crippen LogP contribution in [-0.2, 0) is 4.79 Å². The number of carbonyl (C=O) groups excluding carboxylic acids is 2. The second kappa shape index (κ2) is 8.63. The number of nitrogens with one attached hydrogen (secondary N) is 1. The molecule has 6 nitrogen and oxygen atoms in total. The molecule has 0 saturated carbocycles. The van der Waals surface area contributed by atoms with Crippen LogP contribution in [0.2, 0.25) is 0 Å². The van der Waals surface area contributed by atoms with Crippen LogP contribution in [0.3, 0.4) is 0 Å². The van der Waals surface area contributed by atoms with Gasteiger partial charge in [0.2, 0.25) is 5.91 Å². The van der Waals surface area contributed by atoms with Crippen LogP contribution >= 0.6 is 11.3 Å². The topological polar surface area (TPSA) is 65.5 Å². The zero-order chi connectivity index (χ0) is 19.4. The Hall–Kier alpha value is -2.25. The number of likely N-dealkylation sites (N-methyl/N-ethyl adjacent to an activating group) is 1. The molecule has 2 amide bonds. The summed E-state index contributed by atoms with van der Waals surface area (Å²) in [6, 6.07) is 8.38. The van der Waals surface area contributed by atoms with Crippen molar-refractivity contribution in [2.24, 2.45) is 0 Å². The van der Waals surface area contributed by atoms with E-state index in [-0.39, 0.29) is 11.8 Å². The monoisotopic (exact) mass is 386 g/mol. The standard InChI is InChI=1S/C20H26N4O2S/c1-14(2)15-4-6-16(7-5-15)19-22-17(13-27-19)20(26)24-10-8-23(9-11-24)12-18(25)21-3/h4-7,13-14H,8-12H2,1-3H3,(H,21,25). The van der Waals surface area contributed by atoms with Crippen molar-refractivity contribution >= 4 is 23.2 Å². The largest absolute Gasteiger partial charge is 0.358 e. The van der Waals surface area contributed by atoms with Gasteiger partial charge >= 0.3 is 0 Å². The summed E-state index contributed by atoms with van der Waals surface area (Å²) in [7, 11) is 1.64. The summed E-state index contributed by atoms with van der Waals surface area (Å²) in [6.45, 7) is 7.36. The zero-order valence-electron chi connectivity index (χ0n) is 16.1. The van der Waals surface area contributed by atoms with Gasteiger partial charge in [-0.25, -0.2) is 4.98 Å². The van der Waals surface area contributed by atoms with Gasteiger partial charge in [-0.15, -0.1) is 11.3 Å². The minimum absolute atomic E-state index is 0.00223. The van der Waals surface area contributed by atoms with Crippen LogP contribution in [0.1, 0.15) is 35.8 Å². The fourth-order valence-electron chi connectivity index (χ4n) is 3.07. The minimum atomic E-state index is -0.0316. The molecular weight excluding hydrogens is 360 g/mol. The number of benzene rings is 1. The molecule has 2 heterocycles. The van der Waals surface area contributed by atoms with Crippen molar-refractivity contribution in [3.8, 4) is 10.6 Å². The van der Waals surface area contributed by atoms with Crippen LogP contribution in [-0.4, -0.2) is 66.4 Å². The van der Waals surface area contributed by atoms with Crippen LogP contribution < -0.4 is 5.32 Å². The number of piperazine rings is 1. The van der Waals surface area contributed by atoms with Crippen molar-refractivity contribution in [3.05, 3.63) is 40.9 Å². The number of carbonyl (C=O) groups is 2. The average Bonchev–Trinajstić information content (AvgIpc) is 3.18. The maximum atomic E-state index is 12.7. The Bertz CT molecular complexity index is 793. The van der Waals surface area contributed by atoms with Crippen LogP contribution in [0, 0.1) is 0 Å². The Morgan fingerprint density at radius 2 is 1.81 bits per heavy atom. The predicted molar refractivity (Wildman–Crippen MR) is 108 cm³/mol. The van der Waals surface area contributed by atoms with E-state index >= 15 is 0 Å². The van der Waals surface area contributed by atoms with E-state index in [9.17, 15) is 9.59 Å². The SMILES string of the molecule is CNC(=O)CN1CCN(C(=O)c2csc(-c3ccc(C(C)C)cc3)n2)CC1. The number of aromatic nitrogens is 1. The Labute approximate surface area is 164 Å². The van der Waals surface area contributed by atoms with E-state index in [1.807, 2.05) is 10.3 Å². The second-order valence-electron chi connectivity index (χ2n) is 7.06. The first-order chi connectivity index (χ1) is 13.0. The highest BCUT2D eigenvalue weighted by Crippen LogP contribution is 2.26. The molecule has 0 spiro atoms. The van der Waals surface area contributed by atoms with Gasteiger partial charge in [0.15, 0.2) is 0 Å². The molecule has 7 heteroatoms. The summed E-state index contributed by atoms with van der Waals surface area (Å²) in [5.74, 6) is 0.466. The first kappa shape index (κ1) is 19.5. The van der Waals surface area contributed by atoms with Crippen LogP contribution in [0.5, 0.6) is 0 Å². The molecule has 3 rings (SSSR count). The third-order valence-electron chi connectivity index (χ3n) is 4.85. The lowest BCUT2D eigenvalue weighted by Crippen LogP contribution is -2.50. The smallest absolute Gasteiger partial charge is 0.273 e. The molecule has 2 aromatic rings. The van der Waals surface area contributed by atoms with Crippen LogP contribution in [0.25, 0.3) is 10.6 Å². The molecule has 27 heavy (non-hydrogen) atoms. The third kappa shape index (κ3) is 4.73. The normalized spacial score (nSPS) is 15.2. The van der Waals surface area contributed by atoms with Crippen LogP contribution in [0.15, 0.2) is 29.6 Å². The van der Waals surface area contributed by atoms with Crippen molar-refractivity contribution in [2.45, 2.75) is 19.8 Å². The van der Waals surface area contributed by atoms with E-state index in [1.165, 1.54) is 16.9 Å². The molecule has 0 bridgehead atoms.